The number of carbonyl (C=O) groups is 1. The number of carbonyl (C=O) groups excluding carboxylic acids is 1. The maximum atomic E-state index is 12.9. The van der Waals surface area contributed by atoms with Crippen LogP contribution in [0, 0.1) is 0 Å². The van der Waals surface area contributed by atoms with Crippen molar-refractivity contribution >= 4 is 11.6 Å². The van der Waals surface area contributed by atoms with Gasteiger partial charge in [-0.2, -0.15) is 0 Å². The number of benzene rings is 2. The fourth-order valence-electron chi connectivity index (χ4n) is 3.29. The van der Waals surface area contributed by atoms with E-state index in [1.165, 1.54) is 0 Å². The molecule has 1 amide bonds. The summed E-state index contributed by atoms with van der Waals surface area (Å²) in [6.45, 7) is 4.65. The summed E-state index contributed by atoms with van der Waals surface area (Å²) in [5, 5.41) is 0. The van der Waals surface area contributed by atoms with Gasteiger partial charge in [-0.1, -0.05) is 12.1 Å². The van der Waals surface area contributed by atoms with Crippen LogP contribution in [0.5, 0.6) is 5.75 Å². The van der Waals surface area contributed by atoms with Crippen LogP contribution in [0.25, 0.3) is 0 Å². The lowest BCUT2D eigenvalue weighted by molar-refractivity contribution is 0.0678. The monoisotopic (exact) mass is 382 g/mol. The molecule has 1 fully saturated rings. The zero-order valence-corrected chi connectivity index (χ0v) is 17.1. The lowest BCUT2D eigenvalue weighted by atomic mass is 10.1. The summed E-state index contributed by atoms with van der Waals surface area (Å²) in [4.78, 5) is 16.8. The highest BCUT2D eigenvalue weighted by atomic mass is 16.5. The molecule has 28 heavy (non-hydrogen) atoms. The van der Waals surface area contributed by atoms with Crippen LogP contribution in [0.3, 0.4) is 0 Å². The van der Waals surface area contributed by atoms with E-state index in [-0.39, 0.29) is 12.0 Å². The molecule has 5 heteroatoms. The Morgan fingerprint density at radius 1 is 1.11 bits per heavy atom. The second kappa shape index (κ2) is 9.60. The van der Waals surface area contributed by atoms with Gasteiger partial charge in [0.2, 0.25) is 0 Å². The van der Waals surface area contributed by atoms with Crippen molar-refractivity contribution in [2.45, 2.75) is 32.4 Å². The number of anilines is 1. The van der Waals surface area contributed by atoms with E-state index in [4.69, 9.17) is 9.47 Å². The maximum Gasteiger partial charge on any atom is 0.254 e. The van der Waals surface area contributed by atoms with Gasteiger partial charge in [-0.05, 0) is 61.7 Å². The van der Waals surface area contributed by atoms with Gasteiger partial charge < -0.3 is 19.3 Å². The van der Waals surface area contributed by atoms with Crippen molar-refractivity contribution in [3.63, 3.8) is 0 Å². The van der Waals surface area contributed by atoms with Crippen LogP contribution < -0.4 is 9.64 Å². The van der Waals surface area contributed by atoms with Crippen LogP contribution in [0.2, 0.25) is 0 Å². The van der Waals surface area contributed by atoms with Gasteiger partial charge in [0.1, 0.15) is 12.4 Å². The molecule has 2 aromatic rings. The Bertz CT molecular complexity index is 750. The van der Waals surface area contributed by atoms with Crippen molar-refractivity contribution in [1.29, 1.82) is 0 Å². The van der Waals surface area contributed by atoms with Gasteiger partial charge in [0.25, 0.3) is 5.91 Å². The van der Waals surface area contributed by atoms with Gasteiger partial charge in [0, 0.05) is 45.0 Å². The van der Waals surface area contributed by atoms with Crippen LogP contribution in [0.15, 0.2) is 48.5 Å². The largest absolute Gasteiger partial charge is 0.491 e. The number of hydrogen-bond acceptors (Lipinski definition) is 4. The Hall–Kier alpha value is -2.53. The first-order valence-electron chi connectivity index (χ1n) is 9.97. The maximum absolute atomic E-state index is 12.9. The molecule has 0 N–H and O–H groups in total. The molecular weight excluding hydrogens is 352 g/mol. The molecule has 0 aliphatic carbocycles. The summed E-state index contributed by atoms with van der Waals surface area (Å²) in [6.07, 6.45) is 2.35. The molecule has 1 aliphatic rings. The highest BCUT2D eigenvalue weighted by Crippen LogP contribution is 2.19. The first kappa shape index (κ1) is 20.2. The van der Waals surface area contributed by atoms with Crippen molar-refractivity contribution in [2.75, 3.05) is 38.8 Å². The number of rotatable bonds is 8. The van der Waals surface area contributed by atoms with E-state index < -0.39 is 0 Å². The average molecular weight is 383 g/mol. The molecule has 1 aliphatic heterocycles. The minimum atomic E-state index is 0.0323. The zero-order chi connectivity index (χ0) is 19.9. The lowest BCUT2D eigenvalue weighted by Crippen LogP contribution is -2.30. The molecule has 5 nitrogen and oxygen atoms in total. The minimum absolute atomic E-state index is 0.0323. The van der Waals surface area contributed by atoms with Gasteiger partial charge >= 0.3 is 0 Å². The predicted octanol–water partition coefficient (Wildman–Crippen LogP) is 3.97. The predicted molar refractivity (Wildman–Crippen MR) is 112 cm³/mol. The first-order chi connectivity index (χ1) is 13.6. The van der Waals surface area contributed by atoms with E-state index >= 15 is 0 Å². The van der Waals surface area contributed by atoms with Crippen molar-refractivity contribution in [1.82, 2.24) is 4.90 Å². The van der Waals surface area contributed by atoms with Crippen LogP contribution in [-0.2, 0) is 11.3 Å². The minimum Gasteiger partial charge on any atom is -0.491 e. The summed E-state index contributed by atoms with van der Waals surface area (Å²) in [6, 6.07) is 15.7. The molecule has 1 heterocycles. The quantitative estimate of drug-likeness (QED) is 0.693. The Kier molecular flexibility index (Phi) is 6.93. The van der Waals surface area contributed by atoms with E-state index in [1.54, 1.807) is 0 Å². The third-order valence-electron chi connectivity index (χ3n) is 5.06. The summed E-state index contributed by atoms with van der Waals surface area (Å²) >= 11 is 0. The molecule has 1 saturated heterocycles. The van der Waals surface area contributed by atoms with Crippen LogP contribution in [0.1, 0.15) is 35.7 Å². The summed E-state index contributed by atoms with van der Waals surface area (Å²) in [5.74, 6) is 0.805. The topological polar surface area (TPSA) is 42.0 Å². The molecule has 0 bridgehead atoms. The lowest BCUT2D eigenvalue weighted by Gasteiger charge is -2.22. The molecule has 0 saturated carbocycles. The Labute approximate surface area is 167 Å². The Morgan fingerprint density at radius 2 is 1.82 bits per heavy atom. The van der Waals surface area contributed by atoms with Crippen molar-refractivity contribution in [3.8, 4) is 5.75 Å². The van der Waals surface area contributed by atoms with Crippen LogP contribution in [-0.4, -0.2) is 50.8 Å². The standard InChI is InChI=1S/C23H30N2O3/c1-4-25(16-18-7-11-20(12-8-18)24(2)3)23(26)19-9-13-21(14-10-19)28-17-22-6-5-15-27-22/h7-14,22H,4-6,15-17H2,1-3H3. The summed E-state index contributed by atoms with van der Waals surface area (Å²) < 4.78 is 11.4. The molecule has 0 spiro atoms. The second-order valence-electron chi connectivity index (χ2n) is 7.35. The zero-order valence-electron chi connectivity index (χ0n) is 17.1. The SMILES string of the molecule is CCN(Cc1ccc(N(C)C)cc1)C(=O)c1ccc(OCC2CCCO2)cc1. The van der Waals surface area contributed by atoms with E-state index in [0.29, 0.717) is 25.3 Å². The smallest absolute Gasteiger partial charge is 0.254 e. The molecule has 1 atom stereocenters. The number of ether oxygens (including phenoxy) is 2. The van der Waals surface area contributed by atoms with Crippen molar-refractivity contribution < 1.29 is 14.3 Å². The fourth-order valence-corrected chi connectivity index (χ4v) is 3.29. The van der Waals surface area contributed by atoms with Crippen molar-refractivity contribution in [3.05, 3.63) is 59.7 Å². The molecule has 0 aromatic heterocycles. The highest BCUT2D eigenvalue weighted by Gasteiger charge is 2.17. The van der Waals surface area contributed by atoms with E-state index in [9.17, 15) is 4.79 Å². The molecule has 0 radical (unpaired) electrons. The highest BCUT2D eigenvalue weighted by molar-refractivity contribution is 5.94. The number of hydrogen-bond donors (Lipinski definition) is 0. The average Bonchev–Trinajstić information content (AvgIpc) is 3.24. The summed E-state index contributed by atoms with van der Waals surface area (Å²) in [5.41, 5.74) is 2.95. The normalized spacial score (nSPS) is 16.0. The van der Waals surface area contributed by atoms with E-state index in [1.807, 2.05) is 50.2 Å². The number of nitrogens with zero attached hydrogens (tertiary/aromatic N) is 2. The van der Waals surface area contributed by atoms with Gasteiger partial charge in [0.05, 0.1) is 6.10 Å². The third kappa shape index (κ3) is 5.26. The molecule has 3 rings (SSSR count). The van der Waals surface area contributed by atoms with Crippen LogP contribution in [0.4, 0.5) is 5.69 Å². The van der Waals surface area contributed by atoms with E-state index in [0.717, 1.165) is 36.4 Å². The van der Waals surface area contributed by atoms with Gasteiger partial charge in [-0.15, -0.1) is 0 Å². The fraction of sp³-hybridized carbons (Fsp3) is 0.435. The number of amides is 1. The Morgan fingerprint density at radius 3 is 2.39 bits per heavy atom. The second-order valence-corrected chi connectivity index (χ2v) is 7.35. The van der Waals surface area contributed by atoms with Crippen LogP contribution >= 0.6 is 0 Å². The molecule has 2 aromatic carbocycles. The van der Waals surface area contributed by atoms with Crippen molar-refractivity contribution in [2.24, 2.45) is 0 Å². The van der Waals surface area contributed by atoms with E-state index in [2.05, 4.69) is 29.2 Å². The third-order valence-corrected chi connectivity index (χ3v) is 5.06. The summed E-state index contributed by atoms with van der Waals surface area (Å²) in [7, 11) is 4.04. The van der Waals surface area contributed by atoms with Gasteiger partial charge in [0.15, 0.2) is 0 Å². The molecule has 1 unspecified atom stereocenters. The Balaban J connectivity index is 1.58. The van der Waals surface area contributed by atoms with Gasteiger partial charge in [-0.25, -0.2) is 0 Å². The van der Waals surface area contributed by atoms with Gasteiger partial charge in [-0.3, -0.25) is 4.79 Å². The molecular formula is C23H30N2O3. The first-order valence-corrected chi connectivity index (χ1v) is 9.97. The molecule has 150 valence electrons.